The fourth-order valence-corrected chi connectivity index (χ4v) is 2.75. The summed E-state index contributed by atoms with van der Waals surface area (Å²) in [6, 6.07) is 11.6. The van der Waals surface area contributed by atoms with Crippen molar-refractivity contribution in [2.24, 2.45) is 0 Å². The molecule has 0 saturated heterocycles. The number of benzene rings is 1. The predicted molar refractivity (Wildman–Crippen MR) is 96.1 cm³/mol. The van der Waals surface area contributed by atoms with E-state index in [1.165, 1.54) is 0 Å². The molecule has 2 heterocycles. The van der Waals surface area contributed by atoms with E-state index in [9.17, 15) is 4.79 Å². The summed E-state index contributed by atoms with van der Waals surface area (Å²) in [5.41, 5.74) is 2.61. The summed E-state index contributed by atoms with van der Waals surface area (Å²) in [6.45, 7) is 3.09. The molecule has 0 saturated carbocycles. The zero-order chi connectivity index (χ0) is 16.9. The van der Waals surface area contributed by atoms with Crippen LogP contribution in [0.15, 0.2) is 53.3 Å². The zero-order valence-electron chi connectivity index (χ0n) is 13.3. The average molecular weight is 388 g/mol. The first kappa shape index (κ1) is 16.5. The minimum Gasteiger partial charge on any atom is -0.494 e. The smallest absolute Gasteiger partial charge is 0.226 e. The van der Waals surface area contributed by atoms with Crippen LogP contribution in [0.4, 0.5) is 0 Å². The third-order valence-electron chi connectivity index (χ3n) is 3.53. The minimum atomic E-state index is -0.0497. The second kappa shape index (κ2) is 7.49. The Hall–Kier alpha value is -2.34. The first-order valence-corrected chi connectivity index (χ1v) is 8.55. The summed E-state index contributed by atoms with van der Waals surface area (Å²) in [7, 11) is 0. The van der Waals surface area contributed by atoms with Crippen LogP contribution in [0.1, 0.15) is 18.2 Å². The lowest BCUT2D eigenvalue weighted by atomic mass is 10.2. The number of halogens is 1. The van der Waals surface area contributed by atoms with Crippen LogP contribution in [0.2, 0.25) is 0 Å². The number of imidazole rings is 1. The Labute approximate surface area is 148 Å². The number of ether oxygens (including phenoxy) is 1. The molecule has 124 valence electrons. The van der Waals surface area contributed by atoms with E-state index >= 15 is 0 Å². The maximum Gasteiger partial charge on any atom is 0.226 e. The molecule has 1 N–H and O–H groups in total. The van der Waals surface area contributed by atoms with Gasteiger partial charge in [0.2, 0.25) is 5.91 Å². The molecule has 0 unspecified atom stereocenters. The number of carbonyl (C=O) groups excluding carboxylic acids is 1. The Morgan fingerprint density at radius 3 is 2.75 bits per heavy atom. The van der Waals surface area contributed by atoms with Gasteiger partial charge >= 0.3 is 0 Å². The molecule has 0 atom stereocenters. The Morgan fingerprint density at radius 2 is 2.00 bits per heavy atom. The summed E-state index contributed by atoms with van der Waals surface area (Å²) in [6.07, 6.45) is 4.05. The largest absolute Gasteiger partial charge is 0.494 e. The van der Waals surface area contributed by atoms with E-state index in [2.05, 4.69) is 26.2 Å². The summed E-state index contributed by atoms with van der Waals surface area (Å²) < 4.78 is 8.27. The van der Waals surface area contributed by atoms with Crippen LogP contribution in [-0.4, -0.2) is 21.9 Å². The Balaban J connectivity index is 1.56. The topological polar surface area (TPSA) is 55.6 Å². The van der Waals surface area contributed by atoms with Crippen molar-refractivity contribution in [3.05, 3.63) is 64.5 Å². The van der Waals surface area contributed by atoms with Crippen molar-refractivity contribution in [2.75, 3.05) is 6.61 Å². The number of rotatable bonds is 6. The van der Waals surface area contributed by atoms with Crippen molar-refractivity contribution in [3.8, 4) is 5.75 Å². The zero-order valence-corrected chi connectivity index (χ0v) is 14.9. The van der Waals surface area contributed by atoms with Crippen molar-refractivity contribution in [2.45, 2.75) is 19.9 Å². The van der Waals surface area contributed by atoms with Gasteiger partial charge in [-0.15, -0.1) is 0 Å². The molecule has 1 amide bonds. The summed E-state index contributed by atoms with van der Waals surface area (Å²) in [5.74, 6) is 0.787. The molecule has 0 fully saturated rings. The van der Waals surface area contributed by atoms with Gasteiger partial charge in [0.05, 0.1) is 18.7 Å². The summed E-state index contributed by atoms with van der Waals surface area (Å²) >= 11 is 3.42. The van der Waals surface area contributed by atoms with Gasteiger partial charge in [0.1, 0.15) is 11.4 Å². The molecule has 0 aliphatic carbocycles. The van der Waals surface area contributed by atoms with Gasteiger partial charge in [-0.25, -0.2) is 4.98 Å². The van der Waals surface area contributed by atoms with Crippen molar-refractivity contribution in [1.29, 1.82) is 0 Å². The number of fused-ring (bicyclic) bond motifs is 1. The second-order valence-electron chi connectivity index (χ2n) is 5.38. The fraction of sp³-hybridized carbons (Fsp3) is 0.222. The van der Waals surface area contributed by atoms with E-state index < -0.39 is 0 Å². The van der Waals surface area contributed by atoms with E-state index in [4.69, 9.17) is 4.74 Å². The van der Waals surface area contributed by atoms with Gasteiger partial charge in [0.25, 0.3) is 0 Å². The maximum absolute atomic E-state index is 12.1. The van der Waals surface area contributed by atoms with E-state index in [0.29, 0.717) is 13.2 Å². The predicted octanol–water partition coefficient (Wildman–Crippen LogP) is 3.35. The van der Waals surface area contributed by atoms with Gasteiger partial charge < -0.3 is 14.5 Å². The van der Waals surface area contributed by atoms with E-state index in [-0.39, 0.29) is 12.3 Å². The molecule has 3 rings (SSSR count). The third-order valence-corrected chi connectivity index (χ3v) is 4.00. The van der Waals surface area contributed by atoms with Crippen LogP contribution >= 0.6 is 15.9 Å². The molecule has 0 spiro atoms. The van der Waals surface area contributed by atoms with Crippen molar-refractivity contribution in [1.82, 2.24) is 14.7 Å². The molecule has 24 heavy (non-hydrogen) atoms. The van der Waals surface area contributed by atoms with Crippen molar-refractivity contribution >= 4 is 27.5 Å². The number of nitrogens with one attached hydrogen (secondary N) is 1. The van der Waals surface area contributed by atoms with Crippen LogP contribution in [0.25, 0.3) is 5.65 Å². The second-order valence-corrected chi connectivity index (χ2v) is 6.29. The Morgan fingerprint density at radius 1 is 1.21 bits per heavy atom. The van der Waals surface area contributed by atoms with E-state index in [1.54, 1.807) is 0 Å². The fourth-order valence-electron chi connectivity index (χ4n) is 2.40. The third kappa shape index (κ3) is 4.14. The highest BCUT2D eigenvalue weighted by Crippen LogP contribution is 2.13. The number of amides is 1. The molecule has 1 aromatic carbocycles. The van der Waals surface area contributed by atoms with Crippen LogP contribution < -0.4 is 10.1 Å². The number of carbonyl (C=O) groups is 1. The molecule has 6 heteroatoms. The van der Waals surface area contributed by atoms with Crippen molar-refractivity contribution in [3.63, 3.8) is 0 Å². The standard InChI is InChI=1S/C18H18BrN3O2/c1-2-24-16-6-3-13(4-7-16)10-20-18(23)9-15-12-22-11-14(19)5-8-17(22)21-15/h3-8,11-12H,2,9-10H2,1H3,(H,20,23). The van der Waals surface area contributed by atoms with E-state index in [0.717, 1.165) is 27.1 Å². The first-order chi connectivity index (χ1) is 11.6. The Bertz CT molecular complexity index is 843. The van der Waals surface area contributed by atoms with Gasteiger partial charge in [-0.05, 0) is 52.7 Å². The summed E-state index contributed by atoms with van der Waals surface area (Å²) in [4.78, 5) is 16.6. The van der Waals surface area contributed by atoms with Gasteiger partial charge in [-0.1, -0.05) is 12.1 Å². The average Bonchev–Trinajstić information content (AvgIpc) is 2.95. The highest BCUT2D eigenvalue weighted by atomic mass is 79.9. The monoisotopic (exact) mass is 387 g/mol. The van der Waals surface area contributed by atoms with Gasteiger partial charge in [-0.2, -0.15) is 0 Å². The maximum atomic E-state index is 12.1. The number of nitrogens with zero attached hydrogens (tertiary/aromatic N) is 2. The van der Waals surface area contributed by atoms with E-state index in [1.807, 2.05) is 60.1 Å². The molecule has 0 bridgehead atoms. The number of aromatic nitrogens is 2. The quantitative estimate of drug-likeness (QED) is 0.705. The molecule has 2 aromatic heterocycles. The lowest BCUT2D eigenvalue weighted by Crippen LogP contribution is -2.24. The summed E-state index contributed by atoms with van der Waals surface area (Å²) in [5, 5.41) is 2.92. The minimum absolute atomic E-state index is 0.0497. The van der Waals surface area contributed by atoms with Crippen molar-refractivity contribution < 1.29 is 9.53 Å². The number of pyridine rings is 1. The van der Waals surface area contributed by atoms with Crippen LogP contribution in [0.3, 0.4) is 0 Å². The van der Waals surface area contributed by atoms with Crippen LogP contribution in [0, 0.1) is 0 Å². The number of hydrogen-bond acceptors (Lipinski definition) is 3. The lowest BCUT2D eigenvalue weighted by molar-refractivity contribution is -0.120. The highest BCUT2D eigenvalue weighted by molar-refractivity contribution is 9.10. The first-order valence-electron chi connectivity index (χ1n) is 7.75. The van der Waals surface area contributed by atoms with Gasteiger partial charge in [-0.3, -0.25) is 4.79 Å². The highest BCUT2D eigenvalue weighted by Gasteiger charge is 2.08. The molecular formula is C18H18BrN3O2. The molecule has 3 aromatic rings. The van der Waals surface area contributed by atoms with Gasteiger partial charge in [0, 0.05) is 23.4 Å². The molecule has 0 aliphatic heterocycles. The van der Waals surface area contributed by atoms with Crippen LogP contribution in [-0.2, 0) is 17.8 Å². The molecule has 0 aliphatic rings. The molecule has 0 radical (unpaired) electrons. The SMILES string of the molecule is CCOc1ccc(CNC(=O)Cc2cn3cc(Br)ccc3n2)cc1. The number of hydrogen-bond donors (Lipinski definition) is 1. The van der Waals surface area contributed by atoms with Gasteiger partial charge in [0.15, 0.2) is 0 Å². The lowest BCUT2D eigenvalue weighted by Gasteiger charge is -2.06. The van der Waals surface area contributed by atoms with Crippen LogP contribution in [0.5, 0.6) is 5.75 Å². The normalized spacial score (nSPS) is 10.8. The molecule has 5 nitrogen and oxygen atoms in total. The molecular weight excluding hydrogens is 370 g/mol. The Kier molecular flexibility index (Phi) is 5.15.